The van der Waals surface area contributed by atoms with E-state index in [0.29, 0.717) is 32.5 Å². The SMILES string of the molecule is O=C(N1CCO[C@@H](c2cccc(Br)c2)C1)C1(O)CCC1. The van der Waals surface area contributed by atoms with E-state index in [0.717, 1.165) is 16.5 Å². The Bertz CT molecular complexity index is 516. The fourth-order valence-corrected chi connectivity index (χ4v) is 3.18. The highest BCUT2D eigenvalue weighted by atomic mass is 79.9. The van der Waals surface area contributed by atoms with Crippen LogP contribution in [0.4, 0.5) is 0 Å². The van der Waals surface area contributed by atoms with Gasteiger partial charge in [0.05, 0.1) is 13.2 Å². The summed E-state index contributed by atoms with van der Waals surface area (Å²) in [6.07, 6.45) is 1.99. The molecule has 1 aromatic carbocycles. The molecule has 108 valence electrons. The normalized spacial score (nSPS) is 25.1. The minimum atomic E-state index is -1.11. The molecule has 0 spiro atoms. The summed E-state index contributed by atoms with van der Waals surface area (Å²) in [7, 11) is 0. The van der Waals surface area contributed by atoms with Crippen molar-refractivity contribution in [2.45, 2.75) is 31.0 Å². The molecule has 1 N–H and O–H groups in total. The van der Waals surface area contributed by atoms with Crippen LogP contribution in [0.5, 0.6) is 0 Å². The lowest BCUT2D eigenvalue weighted by molar-refractivity contribution is -0.167. The number of amides is 1. The van der Waals surface area contributed by atoms with Gasteiger partial charge in [-0.3, -0.25) is 4.79 Å². The first kappa shape index (κ1) is 14.0. The van der Waals surface area contributed by atoms with Crippen LogP contribution in [-0.2, 0) is 9.53 Å². The van der Waals surface area contributed by atoms with Crippen molar-refractivity contribution >= 4 is 21.8 Å². The number of aliphatic hydroxyl groups is 1. The van der Waals surface area contributed by atoms with Crippen LogP contribution >= 0.6 is 15.9 Å². The van der Waals surface area contributed by atoms with Gasteiger partial charge < -0.3 is 14.7 Å². The van der Waals surface area contributed by atoms with Gasteiger partial charge >= 0.3 is 0 Å². The molecule has 1 amide bonds. The van der Waals surface area contributed by atoms with Crippen LogP contribution < -0.4 is 0 Å². The lowest BCUT2D eigenvalue weighted by Crippen LogP contribution is -2.56. The van der Waals surface area contributed by atoms with E-state index >= 15 is 0 Å². The largest absolute Gasteiger partial charge is 0.380 e. The molecule has 20 heavy (non-hydrogen) atoms. The second-order valence-electron chi connectivity index (χ2n) is 5.55. The number of nitrogens with zero attached hydrogens (tertiary/aromatic N) is 1. The summed E-state index contributed by atoms with van der Waals surface area (Å²) in [6.45, 7) is 1.59. The number of halogens is 1. The summed E-state index contributed by atoms with van der Waals surface area (Å²) < 4.78 is 6.77. The zero-order valence-corrected chi connectivity index (χ0v) is 12.8. The summed E-state index contributed by atoms with van der Waals surface area (Å²) in [6, 6.07) is 7.94. The first-order valence-corrected chi connectivity index (χ1v) is 7.77. The average Bonchev–Trinajstić information content (AvgIpc) is 2.44. The Morgan fingerprint density at radius 3 is 2.90 bits per heavy atom. The molecular weight excluding hydrogens is 322 g/mol. The Morgan fingerprint density at radius 1 is 1.45 bits per heavy atom. The first-order valence-electron chi connectivity index (χ1n) is 6.97. The van der Waals surface area contributed by atoms with Crippen LogP contribution in [0.25, 0.3) is 0 Å². The van der Waals surface area contributed by atoms with Crippen molar-refractivity contribution in [2.75, 3.05) is 19.7 Å². The number of benzene rings is 1. The molecule has 2 fully saturated rings. The van der Waals surface area contributed by atoms with Crippen molar-refractivity contribution in [2.24, 2.45) is 0 Å². The van der Waals surface area contributed by atoms with Gasteiger partial charge in [-0.15, -0.1) is 0 Å². The first-order chi connectivity index (χ1) is 9.58. The Balaban J connectivity index is 1.72. The van der Waals surface area contributed by atoms with Crippen molar-refractivity contribution in [3.8, 4) is 0 Å². The van der Waals surface area contributed by atoms with E-state index in [1.807, 2.05) is 24.3 Å². The molecule has 1 saturated carbocycles. The number of hydrogen-bond acceptors (Lipinski definition) is 3. The summed E-state index contributed by atoms with van der Waals surface area (Å²) in [5.41, 5.74) is -0.0587. The highest BCUT2D eigenvalue weighted by Gasteiger charge is 2.45. The van der Waals surface area contributed by atoms with Gasteiger partial charge in [-0.25, -0.2) is 0 Å². The van der Waals surface area contributed by atoms with Gasteiger partial charge in [0.2, 0.25) is 0 Å². The highest BCUT2D eigenvalue weighted by molar-refractivity contribution is 9.10. The molecule has 1 heterocycles. The fraction of sp³-hybridized carbons (Fsp3) is 0.533. The maximum absolute atomic E-state index is 12.4. The molecular formula is C15H18BrNO3. The van der Waals surface area contributed by atoms with Crippen molar-refractivity contribution in [1.82, 2.24) is 4.90 Å². The van der Waals surface area contributed by atoms with Crippen LogP contribution in [0.3, 0.4) is 0 Å². The Kier molecular flexibility index (Phi) is 3.84. The van der Waals surface area contributed by atoms with E-state index in [-0.39, 0.29) is 12.0 Å². The molecule has 1 aromatic rings. The maximum Gasteiger partial charge on any atom is 0.254 e. The minimum absolute atomic E-state index is 0.117. The van der Waals surface area contributed by atoms with E-state index in [9.17, 15) is 9.90 Å². The predicted molar refractivity (Wildman–Crippen MR) is 78.2 cm³/mol. The Hall–Kier alpha value is -0.910. The molecule has 0 radical (unpaired) electrons. The van der Waals surface area contributed by atoms with Crippen LogP contribution in [0.2, 0.25) is 0 Å². The van der Waals surface area contributed by atoms with Crippen molar-refractivity contribution in [3.05, 3.63) is 34.3 Å². The third-order valence-corrected chi connectivity index (χ3v) is 4.65. The van der Waals surface area contributed by atoms with Crippen molar-refractivity contribution < 1.29 is 14.6 Å². The van der Waals surface area contributed by atoms with Gasteiger partial charge in [0, 0.05) is 11.0 Å². The summed E-state index contributed by atoms with van der Waals surface area (Å²) >= 11 is 3.45. The van der Waals surface area contributed by atoms with Crippen LogP contribution in [0.1, 0.15) is 30.9 Å². The number of ether oxygens (including phenoxy) is 1. The molecule has 0 unspecified atom stereocenters. The van der Waals surface area contributed by atoms with E-state index in [2.05, 4.69) is 15.9 Å². The summed E-state index contributed by atoms with van der Waals surface area (Å²) in [5.74, 6) is -0.132. The van der Waals surface area contributed by atoms with E-state index in [1.165, 1.54) is 0 Å². The standard InChI is InChI=1S/C15H18BrNO3/c16-12-4-1-3-11(9-12)13-10-17(7-8-20-13)14(18)15(19)5-2-6-15/h1,3-4,9,13,19H,2,5-8,10H2/t13-/m1/s1. The van der Waals surface area contributed by atoms with Gasteiger partial charge in [-0.05, 0) is 37.0 Å². The molecule has 1 saturated heterocycles. The van der Waals surface area contributed by atoms with E-state index < -0.39 is 5.60 Å². The van der Waals surface area contributed by atoms with Gasteiger partial charge in [0.1, 0.15) is 11.7 Å². The molecule has 0 aromatic heterocycles. The zero-order chi connectivity index (χ0) is 14.2. The average molecular weight is 340 g/mol. The molecule has 5 heteroatoms. The lowest BCUT2D eigenvalue weighted by Gasteiger charge is -2.42. The second kappa shape index (κ2) is 5.47. The number of carbonyl (C=O) groups is 1. The Morgan fingerprint density at radius 2 is 2.25 bits per heavy atom. The molecule has 1 aliphatic carbocycles. The number of rotatable bonds is 2. The van der Waals surface area contributed by atoms with Gasteiger partial charge in [-0.2, -0.15) is 0 Å². The quantitative estimate of drug-likeness (QED) is 0.899. The third-order valence-electron chi connectivity index (χ3n) is 4.15. The zero-order valence-electron chi connectivity index (χ0n) is 11.2. The predicted octanol–water partition coefficient (Wildman–Crippen LogP) is 2.26. The smallest absolute Gasteiger partial charge is 0.254 e. The molecule has 4 nitrogen and oxygen atoms in total. The van der Waals surface area contributed by atoms with Crippen LogP contribution in [-0.4, -0.2) is 41.2 Å². The number of hydrogen-bond donors (Lipinski definition) is 1. The molecule has 0 bridgehead atoms. The number of morpholine rings is 1. The summed E-state index contributed by atoms with van der Waals surface area (Å²) in [4.78, 5) is 14.1. The third kappa shape index (κ3) is 2.62. The topological polar surface area (TPSA) is 49.8 Å². The van der Waals surface area contributed by atoms with Crippen molar-refractivity contribution in [1.29, 1.82) is 0 Å². The molecule has 3 rings (SSSR count). The van der Waals surface area contributed by atoms with Crippen molar-refractivity contribution in [3.63, 3.8) is 0 Å². The second-order valence-corrected chi connectivity index (χ2v) is 6.47. The molecule has 2 aliphatic rings. The maximum atomic E-state index is 12.4. The van der Waals surface area contributed by atoms with Gasteiger partial charge in [-0.1, -0.05) is 28.1 Å². The monoisotopic (exact) mass is 339 g/mol. The number of carbonyl (C=O) groups excluding carboxylic acids is 1. The highest BCUT2D eigenvalue weighted by Crippen LogP contribution is 2.35. The Labute approximate surface area is 126 Å². The van der Waals surface area contributed by atoms with E-state index in [4.69, 9.17) is 4.74 Å². The van der Waals surface area contributed by atoms with E-state index in [1.54, 1.807) is 4.90 Å². The van der Waals surface area contributed by atoms with Crippen LogP contribution in [0, 0.1) is 0 Å². The molecule has 1 atom stereocenters. The lowest BCUT2D eigenvalue weighted by atomic mass is 9.79. The minimum Gasteiger partial charge on any atom is -0.380 e. The molecule has 1 aliphatic heterocycles. The summed E-state index contributed by atoms with van der Waals surface area (Å²) in [5, 5.41) is 10.2. The van der Waals surface area contributed by atoms with Gasteiger partial charge in [0.25, 0.3) is 5.91 Å². The van der Waals surface area contributed by atoms with Crippen LogP contribution in [0.15, 0.2) is 28.7 Å². The van der Waals surface area contributed by atoms with Gasteiger partial charge in [0.15, 0.2) is 0 Å². The fourth-order valence-electron chi connectivity index (χ4n) is 2.76.